The maximum absolute atomic E-state index is 10.8. The Morgan fingerprint density at radius 3 is 2.36 bits per heavy atom. The lowest BCUT2D eigenvalue weighted by atomic mass is 9.43. The van der Waals surface area contributed by atoms with Crippen LogP contribution in [-0.4, -0.2) is 29.0 Å². The number of hydrogen-bond acceptors (Lipinski definition) is 3. The molecule has 2 fully saturated rings. The molecule has 4 rings (SSSR count). The highest BCUT2D eigenvalue weighted by Gasteiger charge is 2.63. The average molecular weight is 477 g/mol. The van der Waals surface area contributed by atoms with Crippen LogP contribution in [0.4, 0.5) is 0 Å². The molecular weight excluding hydrogens is 424 g/mol. The zero-order chi connectivity index (χ0) is 24.4. The van der Waals surface area contributed by atoms with Crippen molar-refractivity contribution in [1.82, 2.24) is 0 Å². The van der Waals surface area contributed by atoms with Crippen LogP contribution in [0.15, 0.2) is 11.1 Å². The van der Waals surface area contributed by atoms with E-state index in [1.54, 1.807) is 0 Å². The summed E-state index contributed by atoms with van der Waals surface area (Å²) in [6, 6.07) is 0. The lowest BCUT2D eigenvalue weighted by molar-refractivity contribution is -0.0962. The molecule has 4 aliphatic rings. The summed E-state index contributed by atoms with van der Waals surface area (Å²) in [6.45, 7) is 19.5. The Bertz CT molecular complexity index is 784. The molecule has 0 heterocycles. The molecule has 0 aliphatic heterocycles. The Balaban J connectivity index is 1.58. The van der Waals surface area contributed by atoms with Crippen molar-refractivity contribution in [3.8, 4) is 0 Å². The highest BCUT2D eigenvalue weighted by molar-refractivity contribution is 8.00. The van der Waals surface area contributed by atoms with Gasteiger partial charge in [0.15, 0.2) is 0 Å². The number of aliphatic hydroxyl groups excluding tert-OH is 1. The molecule has 0 spiro atoms. The molecule has 1 unspecified atom stereocenters. The van der Waals surface area contributed by atoms with Gasteiger partial charge in [0.25, 0.3) is 0 Å². The highest BCUT2D eigenvalue weighted by atomic mass is 32.2. The van der Waals surface area contributed by atoms with Gasteiger partial charge in [0.1, 0.15) is 4.93 Å². The van der Waals surface area contributed by atoms with Gasteiger partial charge in [0.2, 0.25) is 0 Å². The molecule has 1 N–H and O–H groups in total. The number of allylic oxidation sites excluding steroid dienone is 2. The van der Waals surface area contributed by atoms with Crippen LogP contribution in [0, 0.1) is 39.4 Å². The highest BCUT2D eigenvalue weighted by Crippen LogP contribution is 2.72. The molecule has 2 nitrogen and oxygen atoms in total. The van der Waals surface area contributed by atoms with Crippen LogP contribution in [0.2, 0.25) is 0 Å². The lowest BCUT2D eigenvalue weighted by Gasteiger charge is -2.62. The Morgan fingerprint density at radius 2 is 1.70 bits per heavy atom. The van der Waals surface area contributed by atoms with Crippen LogP contribution in [0.5, 0.6) is 0 Å². The fourth-order valence-electron chi connectivity index (χ4n) is 9.38. The predicted octanol–water partition coefficient (Wildman–Crippen LogP) is 8.24. The van der Waals surface area contributed by atoms with Crippen molar-refractivity contribution in [2.75, 3.05) is 12.9 Å². The van der Waals surface area contributed by atoms with E-state index in [1.165, 1.54) is 57.1 Å². The summed E-state index contributed by atoms with van der Waals surface area (Å²) >= 11 is 1.97. The number of methoxy groups -OCH3 is 1. The number of thioether (sulfide) groups is 1. The van der Waals surface area contributed by atoms with E-state index in [9.17, 15) is 5.11 Å². The summed E-state index contributed by atoms with van der Waals surface area (Å²) in [4.78, 5) is -0.0756. The van der Waals surface area contributed by atoms with Crippen LogP contribution in [-0.2, 0) is 4.74 Å². The van der Waals surface area contributed by atoms with Crippen LogP contribution in [0.25, 0.3) is 0 Å². The van der Waals surface area contributed by atoms with Crippen molar-refractivity contribution in [2.45, 2.75) is 124 Å². The molecule has 190 valence electrons. The molecule has 0 aromatic carbocycles. The molecule has 0 saturated heterocycles. The molecule has 0 aromatic rings. The van der Waals surface area contributed by atoms with Crippen molar-refractivity contribution < 1.29 is 9.84 Å². The third-order valence-electron chi connectivity index (χ3n) is 12.0. The number of rotatable bonds is 6. The second-order valence-electron chi connectivity index (χ2n) is 14.0. The molecule has 7 atom stereocenters. The quantitative estimate of drug-likeness (QED) is 0.309. The third-order valence-corrected chi connectivity index (χ3v) is 13.3. The average Bonchev–Trinajstić information content (AvgIpc) is 3.02. The smallest absolute Gasteiger partial charge is 0.107 e. The van der Waals surface area contributed by atoms with E-state index >= 15 is 0 Å². The summed E-state index contributed by atoms with van der Waals surface area (Å²) in [6.07, 6.45) is 11.3. The molecule has 0 aromatic heterocycles. The van der Waals surface area contributed by atoms with Crippen LogP contribution in [0.3, 0.4) is 0 Å². The maximum Gasteiger partial charge on any atom is 0.107 e. The summed E-state index contributed by atoms with van der Waals surface area (Å²) in [5.74, 6) is 3.42. The zero-order valence-electron chi connectivity index (χ0n) is 23.1. The SMILES string of the molecule is COC(C)(C)SCC[C@@H](C)[C@H]1CC[C@@]2(C)C3=C(CC[C@]12C)[C@@]1(C)CC[C@H](O)C(C)(C)C1CC3. The van der Waals surface area contributed by atoms with E-state index in [-0.39, 0.29) is 16.5 Å². The Labute approximate surface area is 209 Å². The van der Waals surface area contributed by atoms with Gasteiger partial charge in [-0.2, -0.15) is 0 Å². The van der Waals surface area contributed by atoms with E-state index in [1.807, 2.05) is 30.0 Å². The largest absolute Gasteiger partial charge is 0.393 e. The summed E-state index contributed by atoms with van der Waals surface area (Å²) in [5, 5.41) is 10.8. The van der Waals surface area contributed by atoms with Crippen molar-refractivity contribution in [3.05, 3.63) is 11.1 Å². The normalized spacial score (nSPS) is 43.6. The first-order valence-corrected chi connectivity index (χ1v) is 14.8. The minimum absolute atomic E-state index is 0.0353. The van der Waals surface area contributed by atoms with E-state index in [2.05, 4.69) is 55.4 Å². The zero-order valence-corrected chi connectivity index (χ0v) is 24.0. The molecule has 4 aliphatic carbocycles. The van der Waals surface area contributed by atoms with Gasteiger partial charge in [0.05, 0.1) is 6.10 Å². The van der Waals surface area contributed by atoms with Crippen LogP contribution >= 0.6 is 11.8 Å². The number of hydrogen-bond donors (Lipinski definition) is 1. The second-order valence-corrected chi connectivity index (χ2v) is 15.6. The van der Waals surface area contributed by atoms with Crippen molar-refractivity contribution in [3.63, 3.8) is 0 Å². The monoisotopic (exact) mass is 476 g/mol. The standard InChI is InChI=1S/C30H52O2S/c1-20(15-19-33-27(4,5)32-9)21-12-17-30(8)23-10-11-24-26(2,3)25(31)14-16-28(24,6)22(23)13-18-29(21,30)7/h20-21,24-25,31H,10-19H2,1-9H3/t20-,21-,24?,25+,28-,29-,30+/m1/s1. The van der Waals surface area contributed by atoms with Gasteiger partial charge in [-0.1, -0.05) is 52.7 Å². The molecule has 33 heavy (non-hydrogen) atoms. The molecule has 0 radical (unpaired) electrons. The summed E-state index contributed by atoms with van der Waals surface area (Å²) in [7, 11) is 1.83. The minimum atomic E-state index is -0.139. The fraction of sp³-hybridized carbons (Fsp3) is 0.933. The predicted molar refractivity (Wildman–Crippen MR) is 142 cm³/mol. The minimum Gasteiger partial charge on any atom is -0.393 e. The first-order valence-electron chi connectivity index (χ1n) is 13.8. The van der Waals surface area contributed by atoms with E-state index < -0.39 is 0 Å². The molecular formula is C30H52O2S. The maximum atomic E-state index is 10.8. The third kappa shape index (κ3) is 3.90. The molecule has 3 heteroatoms. The second kappa shape index (κ2) is 8.55. The number of fused-ring (bicyclic) bond motifs is 4. The Hall–Kier alpha value is 0.01000. The van der Waals surface area contributed by atoms with Crippen LogP contribution < -0.4 is 0 Å². The number of ether oxygens (including phenoxy) is 1. The Kier molecular flexibility index (Phi) is 6.76. The molecule has 2 saturated carbocycles. The van der Waals surface area contributed by atoms with Gasteiger partial charge in [-0.3, -0.25) is 0 Å². The fourth-order valence-corrected chi connectivity index (χ4v) is 10.5. The number of aliphatic hydroxyl groups is 1. The first kappa shape index (κ1) is 26.1. The van der Waals surface area contributed by atoms with Gasteiger partial charge in [-0.15, -0.1) is 11.8 Å². The van der Waals surface area contributed by atoms with E-state index in [0.717, 1.165) is 18.3 Å². The van der Waals surface area contributed by atoms with Crippen molar-refractivity contribution in [2.24, 2.45) is 39.4 Å². The summed E-state index contributed by atoms with van der Waals surface area (Å²) < 4.78 is 5.64. The molecule has 0 amide bonds. The van der Waals surface area contributed by atoms with Gasteiger partial charge < -0.3 is 9.84 Å². The lowest BCUT2D eigenvalue weighted by Crippen LogP contribution is -2.55. The van der Waals surface area contributed by atoms with Crippen molar-refractivity contribution >= 4 is 11.8 Å². The van der Waals surface area contributed by atoms with Gasteiger partial charge in [0, 0.05) is 7.11 Å². The Morgan fingerprint density at radius 1 is 1.00 bits per heavy atom. The van der Waals surface area contributed by atoms with Gasteiger partial charge in [-0.05, 0) is 117 Å². The first-order chi connectivity index (χ1) is 15.2. The van der Waals surface area contributed by atoms with Crippen molar-refractivity contribution in [1.29, 1.82) is 0 Å². The molecule has 0 bridgehead atoms. The van der Waals surface area contributed by atoms with E-state index in [4.69, 9.17) is 4.74 Å². The van der Waals surface area contributed by atoms with Crippen LogP contribution in [0.1, 0.15) is 113 Å². The summed E-state index contributed by atoms with van der Waals surface area (Å²) in [5.41, 5.74) is 4.84. The van der Waals surface area contributed by atoms with Gasteiger partial charge >= 0.3 is 0 Å². The topological polar surface area (TPSA) is 29.5 Å². The van der Waals surface area contributed by atoms with E-state index in [0.29, 0.717) is 22.2 Å². The van der Waals surface area contributed by atoms with Gasteiger partial charge in [-0.25, -0.2) is 0 Å².